The van der Waals surface area contributed by atoms with Crippen molar-refractivity contribution in [1.82, 2.24) is 16.0 Å². The van der Waals surface area contributed by atoms with Crippen LogP contribution in [0.2, 0.25) is 0 Å². The first-order chi connectivity index (χ1) is 12.1. The molecule has 1 saturated heterocycles. The average molecular weight is 370 g/mol. The molecule has 5 heteroatoms. The molecule has 1 heterocycles. The first-order valence-electron chi connectivity index (χ1n) is 10.5. The van der Waals surface area contributed by atoms with Crippen LogP contribution in [-0.2, 0) is 9.47 Å². The van der Waals surface area contributed by atoms with Gasteiger partial charge in [-0.2, -0.15) is 0 Å². The third kappa shape index (κ3) is 8.22. The lowest BCUT2D eigenvalue weighted by atomic mass is 9.79. The zero-order chi connectivity index (χ0) is 19.3. The van der Waals surface area contributed by atoms with Crippen LogP contribution >= 0.6 is 0 Å². The molecule has 1 atom stereocenters. The second-order valence-corrected chi connectivity index (χ2v) is 10.3. The highest BCUT2D eigenvalue weighted by atomic mass is 16.5. The Morgan fingerprint density at radius 1 is 1.08 bits per heavy atom. The lowest BCUT2D eigenvalue weighted by Crippen LogP contribution is -2.54. The van der Waals surface area contributed by atoms with Gasteiger partial charge in [0.25, 0.3) is 0 Å². The summed E-state index contributed by atoms with van der Waals surface area (Å²) >= 11 is 0. The van der Waals surface area contributed by atoms with Crippen molar-refractivity contribution in [1.29, 1.82) is 0 Å². The number of hydrogen-bond donors (Lipinski definition) is 3. The quantitative estimate of drug-likeness (QED) is 0.614. The summed E-state index contributed by atoms with van der Waals surface area (Å²) in [6.07, 6.45) is 4.85. The highest BCUT2D eigenvalue weighted by molar-refractivity contribution is 4.88. The SMILES string of the molecule is CC(C)(C)NCC1CCC(C)(OCC(C)(C)NCC2COCCN2)CC1. The minimum Gasteiger partial charge on any atom is -0.378 e. The number of hydrogen-bond acceptors (Lipinski definition) is 5. The van der Waals surface area contributed by atoms with Crippen LogP contribution in [0.4, 0.5) is 0 Å². The predicted octanol–water partition coefficient (Wildman–Crippen LogP) is 2.70. The van der Waals surface area contributed by atoms with Crippen molar-refractivity contribution in [2.75, 3.05) is 39.5 Å². The standard InChI is InChI=1S/C21H43N3O2/c1-19(2,3)23-13-17-7-9-21(6,10-8-17)26-16-20(4,5)24-14-18-15-25-12-11-22-18/h17-18,22-24H,7-16H2,1-6H3. The first-order valence-corrected chi connectivity index (χ1v) is 10.5. The molecule has 2 fully saturated rings. The van der Waals surface area contributed by atoms with Crippen molar-refractivity contribution in [3.05, 3.63) is 0 Å². The average Bonchev–Trinajstić information content (AvgIpc) is 2.59. The third-order valence-corrected chi connectivity index (χ3v) is 5.69. The van der Waals surface area contributed by atoms with Crippen LogP contribution in [0.5, 0.6) is 0 Å². The Hall–Kier alpha value is -0.200. The topological polar surface area (TPSA) is 54.5 Å². The fraction of sp³-hybridized carbons (Fsp3) is 1.00. The van der Waals surface area contributed by atoms with Gasteiger partial charge in [0.15, 0.2) is 0 Å². The van der Waals surface area contributed by atoms with E-state index in [9.17, 15) is 0 Å². The first kappa shape index (κ1) is 22.1. The van der Waals surface area contributed by atoms with Crippen LogP contribution in [-0.4, -0.2) is 62.2 Å². The molecule has 0 radical (unpaired) electrons. The van der Waals surface area contributed by atoms with E-state index in [0.29, 0.717) is 6.04 Å². The summed E-state index contributed by atoms with van der Waals surface area (Å²) in [5.74, 6) is 0.786. The van der Waals surface area contributed by atoms with Gasteiger partial charge < -0.3 is 25.4 Å². The van der Waals surface area contributed by atoms with Crippen molar-refractivity contribution in [3.63, 3.8) is 0 Å². The molecule has 2 rings (SSSR count). The van der Waals surface area contributed by atoms with E-state index >= 15 is 0 Å². The van der Waals surface area contributed by atoms with E-state index in [4.69, 9.17) is 9.47 Å². The van der Waals surface area contributed by atoms with Crippen molar-refractivity contribution in [3.8, 4) is 0 Å². The van der Waals surface area contributed by atoms with Crippen LogP contribution < -0.4 is 16.0 Å². The van der Waals surface area contributed by atoms with Crippen LogP contribution in [0.1, 0.15) is 67.2 Å². The lowest BCUT2D eigenvalue weighted by molar-refractivity contribution is -0.0832. The molecule has 0 aromatic rings. The molecular weight excluding hydrogens is 326 g/mol. The predicted molar refractivity (Wildman–Crippen MR) is 109 cm³/mol. The summed E-state index contributed by atoms with van der Waals surface area (Å²) in [5, 5.41) is 10.8. The maximum Gasteiger partial charge on any atom is 0.0655 e. The Balaban J connectivity index is 1.67. The van der Waals surface area contributed by atoms with Gasteiger partial charge in [0.2, 0.25) is 0 Å². The van der Waals surface area contributed by atoms with E-state index in [1.165, 1.54) is 12.8 Å². The number of nitrogens with one attached hydrogen (secondary N) is 3. The monoisotopic (exact) mass is 369 g/mol. The Bertz CT molecular complexity index is 406. The smallest absolute Gasteiger partial charge is 0.0655 e. The summed E-state index contributed by atoms with van der Waals surface area (Å²) in [6, 6.07) is 0.407. The molecule has 1 saturated carbocycles. The fourth-order valence-corrected chi connectivity index (χ4v) is 3.64. The molecule has 1 aliphatic heterocycles. The Kier molecular flexibility index (Phi) is 7.93. The molecule has 0 spiro atoms. The van der Waals surface area contributed by atoms with Crippen LogP contribution in [0, 0.1) is 5.92 Å². The van der Waals surface area contributed by atoms with Gasteiger partial charge in [0.05, 0.1) is 25.4 Å². The lowest BCUT2D eigenvalue weighted by Gasteiger charge is -2.40. The summed E-state index contributed by atoms with van der Waals surface area (Å²) in [5.41, 5.74) is 0.224. The Morgan fingerprint density at radius 2 is 1.77 bits per heavy atom. The molecule has 0 bridgehead atoms. The molecular formula is C21H43N3O2. The normalized spacial score (nSPS) is 31.2. The van der Waals surface area contributed by atoms with Gasteiger partial charge >= 0.3 is 0 Å². The molecule has 0 aromatic carbocycles. The van der Waals surface area contributed by atoms with Crippen molar-refractivity contribution in [2.45, 2.75) is 89.9 Å². The second kappa shape index (κ2) is 9.33. The summed E-state index contributed by atoms with van der Waals surface area (Å²) in [6.45, 7) is 18.9. The van der Waals surface area contributed by atoms with Crippen LogP contribution in [0.15, 0.2) is 0 Å². The minimum absolute atomic E-state index is 0.0211. The van der Waals surface area contributed by atoms with Crippen molar-refractivity contribution >= 4 is 0 Å². The second-order valence-electron chi connectivity index (χ2n) is 10.3. The van der Waals surface area contributed by atoms with Gasteiger partial charge in [0.1, 0.15) is 0 Å². The van der Waals surface area contributed by atoms with Gasteiger partial charge in [-0.25, -0.2) is 0 Å². The maximum atomic E-state index is 6.43. The molecule has 3 N–H and O–H groups in total. The van der Waals surface area contributed by atoms with Crippen LogP contribution in [0.3, 0.4) is 0 Å². The van der Waals surface area contributed by atoms with E-state index in [1.807, 2.05) is 0 Å². The molecule has 1 aliphatic carbocycles. The molecule has 26 heavy (non-hydrogen) atoms. The summed E-state index contributed by atoms with van der Waals surface area (Å²) in [7, 11) is 0. The van der Waals surface area contributed by atoms with Crippen LogP contribution in [0.25, 0.3) is 0 Å². The number of rotatable bonds is 8. The minimum atomic E-state index is -0.0211. The Labute approximate surface area is 161 Å². The largest absolute Gasteiger partial charge is 0.378 e. The van der Waals surface area contributed by atoms with Crippen molar-refractivity contribution < 1.29 is 9.47 Å². The third-order valence-electron chi connectivity index (χ3n) is 5.69. The molecule has 5 nitrogen and oxygen atoms in total. The summed E-state index contributed by atoms with van der Waals surface area (Å²) < 4.78 is 12.0. The van der Waals surface area contributed by atoms with Gasteiger partial charge in [-0.3, -0.25) is 0 Å². The van der Waals surface area contributed by atoms with Gasteiger partial charge in [0, 0.05) is 30.2 Å². The number of ether oxygens (including phenoxy) is 2. The Morgan fingerprint density at radius 3 is 2.35 bits per heavy atom. The van der Waals surface area contributed by atoms with Gasteiger partial charge in [-0.05, 0) is 79.7 Å². The van der Waals surface area contributed by atoms with E-state index in [1.54, 1.807) is 0 Å². The maximum absolute atomic E-state index is 6.43. The molecule has 154 valence electrons. The molecule has 1 unspecified atom stereocenters. The fourth-order valence-electron chi connectivity index (χ4n) is 3.64. The van der Waals surface area contributed by atoms with E-state index in [-0.39, 0.29) is 16.7 Å². The van der Waals surface area contributed by atoms with E-state index in [2.05, 4.69) is 57.5 Å². The highest BCUT2D eigenvalue weighted by Crippen LogP contribution is 2.35. The van der Waals surface area contributed by atoms with Gasteiger partial charge in [-0.1, -0.05) is 0 Å². The molecule has 0 amide bonds. The molecule has 0 aromatic heterocycles. The number of morpholine rings is 1. The summed E-state index contributed by atoms with van der Waals surface area (Å²) in [4.78, 5) is 0. The highest BCUT2D eigenvalue weighted by Gasteiger charge is 2.34. The zero-order valence-corrected chi connectivity index (χ0v) is 18.0. The van der Waals surface area contributed by atoms with Gasteiger partial charge in [-0.15, -0.1) is 0 Å². The van der Waals surface area contributed by atoms with E-state index in [0.717, 1.165) is 58.2 Å². The molecule has 2 aliphatic rings. The zero-order valence-electron chi connectivity index (χ0n) is 18.0. The van der Waals surface area contributed by atoms with E-state index < -0.39 is 0 Å². The van der Waals surface area contributed by atoms with Crippen molar-refractivity contribution in [2.24, 2.45) is 5.92 Å².